The van der Waals surface area contributed by atoms with Gasteiger partial charge in [0.25, 0.3) is 5.91 Å². The number of hydrogen-bond donors (Lipinski definition) is 1. The standard InChI is InChI=1S/C16H15F3N2O/c1-10-6-7-13(9-14(10)20)21(2)15(22)11-4-3-5-12(8-11)16(17,18)19/h3-9H,20H2,1-2H3. The first kappa shape index (κ1) is 15.9. The van der Waals surface area contributed by atoms with Crippen LogP contribution in [0.4, 0.5) is 24.5 Å². The third kappa shape index (κ3) is 3.21. The number of anilines is 2. The van der Waals surface area contributed by atoms with Crippen molar-refractivity contribution in [2.24, 2.45) is 0 Å². The monoisotopic (exact) mass is 308 g/mol. The minimum atomic E-state index is -4.48. The number of hydrogen-bond acceptors (Lipinski definition) is 2. The van der Waals surface area contributed by atoms with Crippen LogP contribution in [-0.4, -0.2) is 13.0 Å². The van der Waals surface area contributed by atoms with Gasteiger partial charge >= 0.3 is 6.18 Å². The lowest BCUT2D eigenvalue weighted by Gasteiger charge is -2.19. The number of carbonyl (C=O) groups excluding carboxylic acids is 1. The lowest BCUT2D eigenvalue weighted by molar-refractivity contribution is -0.137. The van der Waals surface area contributed by atoms with Crippen LogP contribution in [0.3, 0.4) is 0 Å². The van der Waals surface area contributed by atoms with E-state index in [4.69, 9.17) is 5.73 Å². The van der Waals surface area contributed by atoms with E-state index in [-0.39, 0.29) is 5.56 Å². The zero-order valence-corrected chi connectivity index (χ0v) is 12.1. The van der Waals surface area contributed by atoms with Gasteiger partial charge in [-0.1, -0.05) is 12.1 Å². The van der Waals surface area contributed by atoms with Crippen molar-refractivity contribution < 1.29 is 18.0 Å². The van der Waals surface area contributed by atoms with Gasteiger partial charge in [0, 0.05) is 24.0 Å². The molecule has 0 aliphatic carbocycles. The average molecular weight is 308 g/mol. The summed E-state index contributed by atoms with van der Waals surface area (Å²) in [5.74, 6) is -0.533. The Hall–Kier alpha value is -2.50. The molecule has 22 heavy (non-hydrogen) atoms. The van der Waals surface area contributed by atoms with Crippen molar-refractivity contribution in [3.05, 3.63) is 59.2 Å². The molecule has 1 amide bonds. The summed E-state index contributed by atoms with van der Waals surface area (Å²) in [6, 6.07) is 9.40. The molecule has 0 spiro atoms. The van der Waals surface area contributed by atoms with Crippen molar-refractivity contribution in [2.75, 3.05) is 17.7 Å². The number of nitrogens with zero attached hydrogens (tertiary/aromatic N) is 1. The number of rotatable bonds is 2. The van der Waals surface area contributed by atoms with Crippen LogP contribution >= 0.6 is 0 Å². The third-order valence-electron chi connectivity index (χ3n) is 3.39. The number of amides is 1. The summed E-state index contributed by atoms with van der Waals surface area (Å²) in [7, 11) is 1.49. The first-order valence-electron chi connectivity index (χ1n) is 6.51. The van der Waals surface area contributed by atoms with Gasteiger partial charge in [0.2, 0.25) is 0 Å². The molecule has 0 saturated carbocycles. The number of halogens is 3. The molecule has 6 heteroatoms. The van der Waals surface area contributed by atoms with Gasteiger partial charge in [-0.25, -0.2) is 0 Å². The molecule has 2 rings (SSSR count). The lowest BCUT2D eigenvalue weighted by atomic mass is 10.1. The molecule has 0 aliphatic heterocycles. The van der Waals surface area contributed by atoms with Crippen molar-refractivity contribution in [2.45, 2.75) is 13.1 Å². The van der Waals surface area contributed by atoms with Crippen LogP contribution in [0, 0.1) is 6.92 Å². The molecule has 2 aromatic rings. The second-order valence-electron chi connectivity index (χ2n) is 4.98. The zero-order chi connectivity index (χ0) is 16.5. The van der Waals surface area contributed by atoms with Crippen LogP contribution in [-0.2, 0) is 6.18 Å². The molecular weight excluding hydrogens is 293 g/mol. The van der Waals surface area contributed by atoms with Crippen LogP contribution in [0.25, 0.3) is 0 Å². The van der Waals surface area contributed by atoms with E-state index >= 15 is 0 Å². The largest absolute Gasteiger partial charge is 0.416 e. The van der Waals surface area contributed by atoms with Gasteiger partial charge in [0.05, 0.1) is 5.56 Å². The van der Waals surface area contributed by atoms with Crippen LogP contribution in [0.2, 0.25) is 0 Å². The third-order valence-corrected chi connectivity index (χ3v) is 3.39. The molecule has 2 aromatic carbocycles. The van der Waals surface area contributed by atoms with E-state index in [0.29, 0.717) is 11.4 Å². The van der Waals surface area contributed by atoms with Crippen molar-refractivity contribution in [3.63, 3.8) is 0 Å². The maximum atomic E-state index is 12.7. The topological polar surface area (TPSA) is 46.3 Å². The quantitative estimate of drug-likeness (QED) is 0.856. The summed E-state index contributed by atoms with van der Waals surface area (Å²) in [4.78, 5) is 13.6. The summed E-state index contributed by atoms with van der Waals surface area (Å²) in [6.45, 7) is 1.83. The number of alkyl halides is 3. The fourth-order valence-corrected chi connectivity index (χ4v) is 1.98. The van der Waals surface area contributed by atoms with Crippen molar-refractivity contribution in [1.29, 1.82) is 0 Å². The maximum absolute atomic E-state index is 12.7. The minimum absolute atomic E-state index is 0.0310. The molecule has 0 unspecified atom stereocenters. The van der Waals surface area contributed by atoms with E-state index in [1.165, 1.54) is 24.1 Å². The minimum Gasteiger partial charge on any atom is -0.398 e. The number of benzene rings is 2. The predicted octanol–water partition coefficient (Wildman–Crippen LogP) is 3.87. The Morgan fingerprint density at radius 2 is 1.82 bits per heavy atom. The van der Waals surface area contributed by atoms with Gasteiger partial charge in [0.1, 0.15) is 0 Å². The van der Waals surface area contributed by atoms with Crippen molar-refractivity contribution >= 4 is 17.3 Å². The SMILES string of the molecule is Cc1ccc(N(C)C(=O)c2cccc(C(F)(F)F)c2)cc1N. The summed E-state index contributed by atoms with van der Waals surface area (Å²) < 4.78 is 38.1. The highest BCUT2D eigenvalue weighted by Gasteiger charge is 2.31. The Bertz CT molecular complexity index is 711. The molecule has 0 aliphatic rings. The van der Waals surface area contributed by atoms with Crippen LogP contribution < -0.4 is 10.6 Å². The summed E-state index contributed by atoms with van der Waals surface area (Å²) in [6.07, 6.45) is -4.48. The summed E-state index contributed by atoms with van der Waals surface area (Å²) in [5.41, 5.74) is 6.81. The molecular formula is C16H15F3N2O. The van der Waals surface area contributed by atoms with Crippen LogP contribution in [0.1, 0.15) is 21.5 Å². The van der Waals surface area contributed by atoms with E-state index in [2.05, 4.69) is 0 Å². The van der Waals surface area contributed by atoms with Gasteiger partial charge in [0.15, 0.2) is 0 Å². The Morgan fingerprint density at radius 1 is 1.14 bits per heavy atom. The Kier molecular flexibility index (Phi) is 4.12. The highest BCUT2D eigenvalue weighted by Crippen LogP contribution is 2.30. The molecule has 0 atom stereocenters. The molecule has 0 bridgehead atoms. The highest BCUT2D eigenvalue weighted by molar-refractivity contribution is 6.06. The molecule has 0 aromatic heterocycles. The van der Waals surface area contributed by atoms with E-state index in [1.807, 2.05) is 6.92 Å². The highest BCUT2D eigenvalue weighted by atomic mass is 19.4. The van der Waals surface area contributed by atoms with Gasteiger partial charge in [-0.15, -0.1) is 0 Å². The summed E-state index contributed by atoms with van der Waals surface area (Å²) >= 11 is 0. The van der Waals surface area contributed by atoms with Crippen molar-refractivity contribution in [3.8, 4) is 0 Å². The van der Waals surface area contributed by atoms with Crippen LogP contribution in [0.5, 0.6) is 0 Å². The van der Waals surface area contributed by atoms with Gasteiger partial charge in [-0.2, -0.15) is 13.2 Å². The molecule has 116 valence electrons. The molecule has 0 radical (unpaired) electrons. The van der Waals surface area contributed by atoms with Gasteiger partial charge in [-0.05, 0) is 42.8 Å². The number of aryl methyl sites for hydroxylation is 1. The average Bonchev–Trinajstić information content (AvgIpc) is 2.48. The van der Waals surface area contributed by atoms with Gasteiger partial charge in [-0.3, -0.25) is 4.79 Å². The Balaban J connectivity index is 2.33. The first-order valence-corrected chi connectivity index (χ1v) is 6.51. The number of nitrogen functional groups attached to an aromatic ring is 1. The number of carbonyl (C=O) groups is 1. The summed E-state index contributed by atoms with van der Waals surface area (Å²) in [5, 5.41) is 0. The maximum Gasteiger partial charge on any atom is 0.416 e. The Labute approximate surface area is 126 Å². The second-order valence-corrected chi connectivity index (χ2v) is 4.98. The van der Waals surface area contributed by atoms with Gasteiger partial charge < -0.3 is 10.6 Å². The van der Waals surface area contributed by atoms with E-state index in [1.54, 1.807) is 18.2 Å². The zero-order valence-electron chi connectivity index (χ0n) is 12.1. The first-order chi connectivity index (χ1) is 10.2. The molecule has 3 nitrogen and oxygen atoms in total. The van der Waals surface area contributed by atoms with Crippen LogP contribution in [0.15, 0.2) is 42.5 Å². The fourth-order valence-electron chi connectivity index (χ4n) is 1.98. The predicted molar refractivity (Wildman–Crippen MR) is 79.8 cm³/mol. The molecule has 2 N–H and O–H groups in total. The van der Waals surface area contributed by atoms with E-state index in [9.17, 15) is 18.0 Å². The number of nitrogens with two attached hydrogens (primary N) is 1. The molecule has 0 heterocycles. The smallest absolute Gasteiger partial charge is 0.398 e. The second kappa shape index (κ2) is 5.71. The Morgan fingerprint density at radius 3 is 2.41 bits per heavy atom. The van der Waals surface area contributed by atoms with E-state index < -0.39 is 17.6 Å². The lowest BCUT2D eigenvalue weighted by Crippen LogP contribution is -2.26. The van der Waals surface area contributed by atoms with E-state index in [0.717, 1.165) is 17.7 Å². The normalized spacial score (nSPS) is 11.3. The fraction of sp³-hybridized carbons (Fsp3) is 0.188. The molecule has 0 fully saturated rings. The molecule has 0 saturated heterocycles. The van der Waals surface area contributed by atoms with Crippen molar-refractivity contribution in [1.82, 2.24) is 0 Å².